The fraction of sp³-hybridized carbons (Fsp3) is 0.0526. The summed E-state index contributed by atoms with van der Waals surface area (Å²) in [5, 5.41) is 10.0. The number of anilines is 3. The fourth-order valence-corrected chi connectivity index (χ4v) is 2.62. The molecule has 0 unspecified atom stereocenters. The van der Waals surface area contributed by atoms with Crippen LogP contribution in [0.1, 0.15) is 16.1 Å². The SMILES string of the molecule is Cc1ccc(NC(=S)Nc2ccc(NC(=O)c3ccco3)cc2)cc1Cl. The van der Waals surface area contributed by atoms with Gasteiger partial charge in [0, 0.05) is 22.1 Å². The van der Waals surface area contributed by atoms with Crippen molar-refractivity contribution in [3.05, 3.63) is 77.2 Å². The minimum Gasteiger partial charge on any atom is -0.459 e. The second-order valence-corrected chi connectivity index (χ2v) is 6.37. The lowest BCUT2D eigenvalue weighted by Crippen LogP contribution is -2.19. The van der Waals surface area contributed by atoms with Crippen LogP contribution in [0, 0.1) is 6.92 Å². The molecule has 0 aliphatic heterocycles. The number of rotatable bonds is 4. The van der Waals surface area contributed by atoms with Gasteiger partial charge in [0.05, 0.1) is 6.26 Å². The number of aryl methyl sites for hydroxylation is 1. The van der Waals surface area contributed by atoms with Crippen molar-refractivity contribution < 1.29 is 9.21 Å². The minimum atomic E-state index is -0.302. The molecule has 1 aromatic heterocycles. The smallest absolute Gasteiger partial charge is 0.291 e. The Labute approximate surface area is 161 Å². The summed E-state index contributed by atoms with van der Waals surface area (Å²) in [7, 11) is 0. The van der Waals surface area contributed by atoms with Gasteiger partial charge in [0.2, 0.25) is 0 Å². The zero-order chi connectivity index (χ0) is 18.5. The van der Waals surface area contributed by atoms with Crippen LogP contribution in [0.3, 0.4) is 0 Å². The van der Waals surface area contributed by atoms with E-state index in [-0.39, 0.29) is 11.7 Å². The molecule has 0 bridgehead atoms. The topological polar surface area (TPSA) is 66.3 Å². The van der Waals surface area contributed by atoms with Gasteiger partial charge in [-0.1, -0.05) is 17.7 Å². The van der Waals surface area contributed by atoms with Gasteiger partial charge >= 0.3 is 0 Å². The number of hydrogen-bond donors (Lipinski definition) is 3. The highest BCUT2D eigenvalue weighted by atomic mass is 35.5. The molecule has 1 amide bonds. The summed E-state index contributed by atoms with van der Waals surface area (Å²) in [6.07, 6.45) is 1.46. The number of benzene rings is 2. The van der Waals surface area contributed by atoms with Crippen LogP contribution in [-0.4, -0.2) is 11.0 Å². The molecule has 3 rings (SSSR count). The normalized spacial score (nSPS) is 10.2. The predicted octanol–water partition coefficient (Wildman–Crippen LogP) is 5.30. The van der Waals surface area contributed by atoms with Crippen LogP contribution in [-0.2, 0) is 0 Å². The van der Waals surface area contributed by atoms with E-state index in [1.165, 1.54) is 6.26 Å². The maximum Gasteiger partial charge on any atom is 0.291 e. The van der Waals surface area contributed by atoms with Gasteiger partial charge in [-0.15, -0.1) is 0 Å². The zero-order valence-electron chi connectivity index (χ0n) is 13.9. The Kier molecular flexibility index (Phi) is 5.55. The first-order chi connectivity index (χ1) is 12.5. The van der Waals surface area contributed by atoms with Crippen molar-refractivity contribution in [2.24, 2.45) is 0 Å². The lowest BCUT2D eigenvalue weighted by molar-refractivity contribution is 0.0996. The van der Waals surface area contributed by atoms with Gasteiger partial charge in [0.25, 0.3) is 5.91 Å². The molecule has 7 heteroatoms. The molecule has 0 aliphatic carbocycles. The van der Waals surface area contributed by atoms with Crippen molar-refractivity contribution in [2.75, 3.05) is 16.0 Å². The van der Waals surface area contributed by atoms with Gasteiger partial charge in [-0.05, 0) is 73.2 Å². The maximum atomic E-state index is 11.9. The quantitative estimate of drug-likeness (QED) is 0.531. The van der Waals surface area contributed by atoms with Crippen LogP contribution in [0.4, 0.5) is 17.1 Å². The van der Waals surface area contributed by atoms with Crippen LogP contribution in [0.15, 0.2) is 65.3 Å². The van der Waals surface area contributed by atoms with E-state index in [0.717, 1.165) is 16.9 Å². The summed E-state index contributed by atoms with van der Waals surface area (Å²) in [6, 6.07) is 16.1. The molecule has 0 spiro atoms. The Morgan fingerprint density at radius 1 is 0.962 bits per heavy atom. The van der Waals surface area contributed by atoms with E-state index in [1.807, 2.05) is 37.3 Å². The van der Waals surface area contributed by atoms with Crippen molar-refractivity contribution in [3.63, 3.8) is 0 Å². The number of hydrogen-bond acceptors (Lipinski definition) is 3. The summed E-state index contributed by atoms with van der Waals surface area (Å²) in [6.45, 7) is 1.94. The highest BCUT2D eigenvalue weighted by Gasteiger charge is 2.08. The van der Waals surface area contributed by atoms with Gasteiger partial charge in [-0.3, -0.25) is 4.79 Å². The molecule has 0 fully saturated rings. The second-order valence-electron chi connectivity index (χ2n) is 5.55. The van der Waals surface area contributed by atoms with Gasteiger partial charge in [0.1, 0.15) is 0 Å². The molecular formula is C19H16ClN3O2S. The van der Waals surface area contributed by atoms with E-state index in [9.17, 15) is 4.79 Å². The van der Waals surface area contributed by atoms with Crippen LogP contribution >= 0.6 is 23.8 Å². The van der Waals surface area contributed by atoms with Crippen molar-refractivity contribution in [2.45, 2.75) is 6.92 Å². The standard InChI is InChI=1S/C19H16ClN3O2S/c1-12-4-5-15(11-16(12)20)23-19(26)22-14-8-6-13(7-9-14)21-18(24)17-3-2-10-25-17/h2-11H,1H3,(H,21,24)(H2,22,23,26). The van der Waals surface area contributed by atoms with Crippen LogP contribution in [0.5, 0.6) is 0 Å². The lowest BCUT2D eigenvalue weighted by atomic mass is 10.2. The highest BCUT2D eigenvalue weighted by molar-refractivity contribution is 7.80. The molecule has 26 heavy (non-hydrogen) atoms. The van der Waals surface area contributed by atoms with E-state index in [0.29, 0.717) is 15.8 Å². The van der Waals surface area contributed by atoms with Crippen molar-refractivity contribution in [1.82, 2.24) is 0 Å². The van der Waals surface area contributed by atoms with Crippen molar-refractivity contribution in [3.8, 4) is 0 Å². The largest absolute Gasteiger partial charge is 0.459 e. The van der Waals surface area contributed by atoms with E-state index < -0.39 is 0 Å². The van der Waals surface area contributed by atoms with Crippen LogP contribution in [0.25, 0.3) is 0 Å². The molecular weight excluding hydrogens is 370 g/mol. The minimum absolute atomic E-state index is 0.259. The Bertz CT molecular complexity index is 924. The van der Waals surface area contributed by atoms with Gasteiger partial charge in [0.15, 0.2) is 10.9 Å². The maximum absolute atomic E-state index is 11.9. The third-order valence-corrected chi connectivity index (χ3v) is 4.19. The number of nitrogens with one attached hydrogen (secondary N) is 3. The molecule has 0 radical (unpaired) electrons. The first-order valence-electron chi connectivity index (χ1n) is 7.80. The Morgan fingerprint density at radius 2 is 1.58 bits per heavy atom. The lowest BCUT2D eigenvalue weighted by Gasteiger charge is -2.12. The third-order valence-electron chi connectivity index (χ3n) is 3.58. The summed E-state index contributed by atoms with van der Waals surface area (Å²) >= 11 is 11.4. The molecule has 3 N–H and O–H groups in total. The first kappa shape index (κ1) is 18.0. The zero-order valence-corrected chi connectivity index (χ0v) is 15.4. The number of carbonyl (C=O) groups is 1. The van der Waals surface area contributed by atoms with Gasteiger partial charge in [-0.25, -0.2) is 0 Å². The fourth-order valence-electron chi connectivity index (χ4n) is 2.20. The molecule has 0 saturated heterocycles. The third kappa shape index (κ3) is 4.62. The number of halogens is 1. The molecule has 0 aliphatic rings. The summed E-state index contributed by atoms with van der Waals surface area (Å²) in [4.78, 5) is 11.9. The highest BCUT2D eigenvalue weighted by Crippen LogP contribution is 2.20. The molecule has 132 valence electrons. The molecule has 1 heterocycles. The number of thiocarbonyl (C=S) groups is 1. The van der Waals surface area contributed by atoms with Crippen molar-refractivity contribution in [1.29, 1.82) is 0 Å². The van der Waals surface area contributed by atoms with E-state index in [2.05, 4.69) is 16.0 Å². The molecule has 0 saturated carbocycles. The average molecular weight is 386 g/mol. The second kappa shape index (κ2) is 8.03. The van der Waals surface area contributed by atoms with E-state index >= 15 is 0 Å². The Balaban J connectivity index is 1.57. The van der Waals surface area contributed by atoms with Crippen molar-refractivity contribution >= 4 is 51.9 Å². The first-order valence-corrected chi connectivity index (χ1v) is 8.59. The molecule has 5 nitrogen and oxygen atoms in total. The number of furan rings is 1. The van der Waals surface area contributed by atoms with E-state index in [1.54, 1.807) is 24.3 Å². The Hall–Kier alpha value is -2.83. The summed E-state index contributed by atoms with van der Waals surface area (Å²) < 4.78 is 5.06. The van der Waals surface area contributed by atoms with Gasteiger partial charge < -0.3 is 20.4 Å². The number of amides is 1. The Morgan fingerprint density at radius 3 is 2.19 bits per heavy atom. The molecule has 0 atom stereocenters. The number of carbonyl (C=O) groups excluding carboxylic acids is 1. The van der Waals surface area contributed by atoms with Crippen LogP contribution in [0.2, 0.25) is 5.02 Å². The van der Waals surface area contributed by atoms with Crippen LogP contribution < -0.4 is 16.0 Å². The van der Waals surface area contributed by atoms with Gasteiger partial charge in [-0.2, -0.15) is 0 Å². The average Bonchev–Trinajstić information content (AvgIpc) is 3.15. The van der Waals surface area contributed by atoms with E-state index in [4.69, 9.17) is 28.2 Å². The molecule has 3 aromatic rings. The molecule has 2 aromatic carbocycles. The summed E-state index contributed by atoms with van der Waals surface area (Å²) in [5.41, 5.74) is 3.25. The monoisotopic (exact) mass is 385 g/mol. The summed E-state index contributed by atoms with van der Waals surface area (Å²) in [5.74, 6) is -0.0431. The predicted molar refractivity (Wildman–Crippen MR) is 109 cm³/mol.